The number of carbonyl (C=O) groups is 2. The molecule has 112 valence electrons. The molecule has 1 aliphatic rings. The maximum atomic E-state index is 11.7. The highest BCUT2D eigenvalue weighted by Gasteiger charge is 2.38. The van der Waals surface area contributed by atoms with Gasteiger partial charge >= 0.3 is 11.9 Å². The number of benzene rings is 1. The van der Waals surface area contributed by atoms with Crippen LogP contribution in [0.1, 0.15) is 19.4 Å². The van der Waals surface area contributed by atoms with E-state index in [0.29, 0.717) is 13.0 Å². The second kappa shape index (κ2) is 5.87. The molecule has 1 saturated heterocycles. The normalized spacial score (nSPS) is 17.0. The molecular weight excluding hydrogens is 274 g/mol. The van der Waals surface area contributed by atoms with Gasteiger partial charge < -0.3 is 19.9 Å². The van der Waals surface area contributed by atoms with Crippen molar-refractivity contribution < 1.29 is 24.2 Å². The molecule has 6 heteroatoms. The Labute approximate surface area is 122 Å². The fraction of sp³-hybridized carbons (Fsp3) is 0.333. The molecule has 0 aliphatic carbocycles. The summed E-state index contributed by atoms with van der Waals surface area (Å²) in [5, 5.41) is 12.1. The monoisotopic (exact) mass is 291 g/mol. The minimum absolute atomic E-state index is 0.153. The van der Waals surface area contributed by atoms with E-state index in [2.05, 4.69) is 5.32 Å². The average molecular weight is 291 g/mol. The molecule has 0 aromatic heterocycles. The molecule has 2 N–H and O–H groups in total. The van der Waals surface area contributed by atoms with E-state index >= 15 is 0 Å². The summed E-state index contributed by atoms with van der Waals surface area (Å²) in [5.74, 6) is -2.41. The van der Waals surface area contributed by atoms with Crippen molar-refractivity contribution in [3.63, 3.8) is 0 Å². The quantitative estimate of drug-likeness (QED) is 0.376. The summed E-state index contributed by atoms with van der Waals surface area (Å²) in [7, 11) is 0. The van der Waals surface area contributed by atoms with E-state index in [1.807, 2.05) is 0 Å². The number of aromatic hydroxyl groups is 1. The Hall–Kier alpha value is -2.50. The zero-order valence-corrected chi connectivity index (χ0v) is 11.9. The molecule has 6 nitrogen and oxygen atoms in total. The molecule has 1 fully saturated rings. The van der Waals surface area contributed by atoms with E-state index in [9.17, 15) is 14.7 Å². The van der Waals surface area contributed by atoms with Crippen LogP contribution < -0.4 is 5.32 Å². The van der Waals surface area contributed by atoms with E-state index in [-0.39, 0.29) is 11.3 Å². The molecule has 0 spiro atoms. The van der Waals surface area contributed by atoms with Gasteiger partial charge in [0, 0.05) is 26.6 Å². The fourth-order valence-electron chi connectivity index (χ4n) is 1.83. The van der Waals surface area contributed by atoms with Gasteiger partial charge in [-0.25, -0.2) is 9.59 Å². The molecule has 0 radical (unpaired) electrons. The maximum Gasteiger partial charge on any atom is 0.350 e. The number of carbonyl (C=O) groups excluding carboxylic acids is 2. The summed E-state index contributed by atoms with van der Waals surface area (Å²) in [4.78, 5) is 23.3. The van der Waals surface area contributed by atoms with Gasteiger partial charge in [0.05, 0.1) is 0 Å². The molecule has 2 rings (SSSR count). The van der Waals surface area contributed by atoms with Crippen molar-refractivity contribution >= 4 is 11.9 Å². The van der Waals surface area contributed by atoms with Crippen molar-refractivity contribution in [1.82, 2.24) is 5.32 Å². The number of cyclic esters (lactones) is 2. The Bertz CT molecular complexity index is 552. The van der Waals surface area contributed by atoms with Crippen molar-refractivity contribution in [2.45, 2.75) is 26.1 Å². The van der Waals surface area contributed by atoms with E-state index in [1.54, 1.807) is 24.3 Å². The lowest BCUT2D eigenvalue weighted by molar-refractivity contribution is -0.222. The van der Waals surface area contributed by atoms with Gasteiger partial charge in [-0.2, -0.15) is 0 Å². The molecule has 0 saturated carbocycles. The molecule has 0 amide bonds. The van der Waals surface area contributed by atoms with E-state index in [0.717, 1.165) is 5.56 Å². The number of phenolic OH excluding ortho intramolecular Hbond substituents is 1. The minimum Gasteiger partial charge on any atom is -0.508 e. The Morgan fingerprint density at radius 2 is 1.71 bits per heavy atom. The highest BCUT2D eigenvalue weighted by Crippen LogP contribution is 2.21. The number of hydrogen-bond acceptors (Lipinski definition) is 6. The Morgan fingerprint density at radius 3 is 2.29 bits per heavy atom. The molecule has 1 aromatic rings. The van der Waals surface area contributed by atoms with Gasteiger partial charge in [0.2, 0.25) is 0 Å². The van der Waals surface area contributed by atoms with Gasteiger partial charge in [-0.05, 0) is 24.1 Å². The van der Waals surface area contributed by atoms with Gasteiger partial charge in [-0.3, -0.25) is 0 Å². The van der Waals surface area contributed by atoms with Crippen molar-refractivity contribution in [3.05, 3.63) is 41.6 Å². The molecule has 21 heavy (non-hydrogen) atoms. The highest BCUT2D eigenvalue weighted by molar-refractivity contribution is 6.15. The van der Waals surface area contributed by atoms with E-state index < -0.39 is 17.7 Å². The van der Waals surface area contributed by atoms with Crippen LogP contribution in [-0.2, 0) is 25.5 Å². The van der Waals surface area contributed by atoms with Crippen LogP contribution in [0.3, 0.4) is 0 Å². The zero-order chi connectivity index (χ0) is 15.5. The number of phenols is 1. The van der Waals surface area contributed by atoms with Crippen LogP contribution in [0.25, 0.3) is 0 Å². The molecule has 1 aliphatic heterocycles. The first-order chi connectivity index (χ1) is 9.87. The van der Waals surface area contributed by atoms with Gasteiger partial charge in [0.15, 0.2) is 5.57 Å². The largest absolute Gasteiger partial charge is 0.508 e. The van der Waals surface area contributed by atoms with Crippen molar-refractivity contribution in [3.8, 4) is 5.75 Å². The molecular formula is C15H17NO5. The molecule has 0 bridgehead atoms. The number of esters is 2. The molecule has 1 aromatic carbocycles. The lowest BCUT2D eigenvalue weighted by Gasteiger charge is -2.29. The maximum absolute atomic E-state index is 11.7. The van der Waals surface area contributed by atoms with Crippen molar-refractivity contribution in [1.29, 1.82) is 0 Å². The Morgan fingerprint density at radius 1 is 1.14 bits per heavy atom. The summed E-state index contributed by atoms with van der Waals surface area (Å²) in [6.45, 7) is 3.52. The first kappa shape index (κ1) is 14.9. The van der Waals surface area contributed by atoms with Crippen LogP contribution in [-0.4, -0.2) is 29.4 Å². The Kier molecular flexibility index (Phi) is 4.16. The predicted octanol–water partition coefficient (Wildman–Crippen LogP) is 1.24. The number of hydrogen-bond donors (Lipinski definition) is 2. The van der Waals surface area contributed by atoms with E-state index in [4.69, 9.17) is 9.47 Å². The third kappa shape index (κ3) is 3.98. The molecule has 0 atom stereocenters. The number of nitrogens with one attached hydrogen (secondary N) is 1. The third-order valence-corrected chi connectivity index (χ3v) is 2.86. The fourth-order valence-corrected chi connectivity index (χ4v) is 1.83. The third-order valence-electron chi connectivity index (χ3n) is 2.86. The second-order valence-corrected chi connectivity index (χ2v) is 5.11. The average Bonchev–Trinajstić information content (AvgIpc) is 2.38. The lowest BCUT2D eigenvalue weighted by Crippen LogP contribution is -2.42. The van der Waals surface area contributed by atoms with Gasteiger partial charge in [0.1, 0.15) is 5.75 Å². The summed E-state index contributed by atoms with van der Waals surface area (Å²) in [6, 6.07) is 6.81. The summed E-state index contributed by atoms with van der Waals surface area (Å²) < 4.78 is 9.93. The standard InChI is InChI=1S/C15H17NO5/c1-15(2)20-13(18)12(14(19)21-15)9-16-8-7-10-3-5-11(17)6-4-10/h3-6,9,16-17H,7-8H2,1-2H3. The SMILES string of the molecule is CC1(C)OC(=O)C(=CNCCc2ccc(O)cc2)C(=O)O1. The van der Waals surface area contributed by atoms with E-state index in [1.165, 1.54) is 20.0 Å². The van der Waals surface area contributed by atoms with Crippen LogP contribution in [0.5, 0.6) is 5.75 Å². The van der Waals surface area contributed by atoms with Crippen LogP contribution >= 0.6 is 0 Å². The smallest absolute Gasteiger partial charge is 0.350 e. The van der Waals surface area contributed by atoms with Gasteiger partial charge in [-0.15, -0.1) is 0 Å². The van der Waals surface area contributed by atoms with Crippen molar-refractivity contribution in [2.75, 3.05) is 6.54 Å². The highest BCUT2D eigenvalue weighted by atomic mass is 16.7. The topological polar surface area (TPSA) is 84.9 Å². The zero-order valence-electron chi connectivity index (χ0n) is 11.9. The molecule has 1 heterocycles. The summed E-state index contributed by atoms with van der Waals surface area (Å²) in [5.41, 5.74) is 0.869. The number of ether oxygens (including phenoxy) is 2. The Balaban J connectivity index is 1.88. The lowest BCUT2D eigenvalue weighted by atomic mass is 10.1. The van der Waals surface area contributed by atoms with Gasteiger partial charge in [-0.1, -0.05) is 12.1 Å². The molecule has 0 unspecified atom stereocenters. The first-order valence-corrected chi connectivity index (χ1v) is 6.55. The van der Waals surface area contributed by atoms with Crippen LogP contribution in [0.2, 0.25) is 0 Å². The first-order valence-electron chi connectivity index (χ1n) is 6.55. The second-order valence-electron chi connectivity index (χ2n) is 5.11. The van der Waals surface area contributed by atoms with Crippen molar-refractivity contribution in [2.24, 2.45) is 0 Å². The number of rotatable bonds is 4. The van der Waals surface area contributed by atoms with Gasteiger partial charge in [0.25, 0.3) is 5.79 Å². The minimum atomic E-state index is -1.22. The predicted molar refractivity (Wildman–Crippen MR) is 74.2 cm³/mol. The van der Waals surface area contributed by atoms with Crippen LogP contribution in [0.4, 0.5) is 0 Å². The van der Waals surface area contributed by atoms with Crippen LogP contribution in [0.15, 0.2) is 36.0 Å². The summed E-state index contributed by atoms with van der Waals surface area (Å²) in [6.07, 6.45) is 1.99. The van der Waals surface area contributed by atoms with Crippen LogP contribution in [0, 0.1) is 0 Å². The summed E-state index contributed by atoms with van der Waals surface area (Å²) >= 11 is 0.